The normalized spacial score (nSPS) is 18.6. The molecule has 0 aliphatic heterocycles. The van der Waals surface area contributed by atoms with Gasteiger partial charge in [0.2, 0.25) is 0 Å². The van der Waals surface area contributed by atoms with Crippen molar-refractivity contribution in [1.82, 2.24) is 9.97 Å². The number of unbranched alkanes of at least 4 members (excludes halogenated alkanes) is 12. The van der Waals surface area contributed by atoms with Gasteiger partial charge in [0.25, 0.3) is 0 Å². The summed E-state index contributed by atoms with van der Waals surface area (Å²) in [6, 6.07) is 10.1. The molecule has 0 amide bonds. The molecule has 1 aromatic carbocycles. The summed E-state index contributed by atoms with van der Waals surface area (Å²) >= 11 is 0. The van der Waals surface area contributed by atoms with Crippen LogP contribution in [-0.4, -0.2) is 15.9 Å². The van der Waals surface area contributed by atoms with Crippen LogP contribution < -0.4 is 4.74 Å². The molecule has 0 unspecified atom stereocenters. The van der Waals surface area contributed by atoms with E-state index in [0.29, 0.717) is 11.6 Å². The Kier molecular flexibility index (Phi) is 14.9. The standard InChI is InChI=1S/C36H53N3O2/c1-3-5-7-9-11-12-13-15-17-30-27-38-34(39-28-30)31-18-20-33(21-19-31)41-35(40)32-22-25-36(29-37,26-23-32)24-16-14-10-8-6-4-2/h18-21,27-28,32H,3-17,22-26H2,1-2H3/t32-,36-. The summed E-state index contributed by atoms with van der Waals surface area (Å²) in [7, 11) is 0. The van der Waals surface area contributed by atoms with Crippen molar-refractivity contribution in [2.75, 3.05) is 0 Å². The minimum Gasteiger partial charge on any atom is -0.426 e. The van der Waals surface area contributed by atoms with Gasteiger partial charge < -0.3 is 4.74 Å². The Balaban J connectivity index is 1.38. The summed E-state index contributed by atoms with van der Waals surface area (Å²) in [6.07, 6.45) is 26.9. The summed E-state index contributed by atoms with van der Waals surface area (Å²) < 4.78 is 5.73. The van der Waals surface area contributed by atoms with E-state index in [1.54, 1.807) is 0 Å². The number of aromatic nitrogens is 2. The second-order valence-corrected chi connectivity index (χ2v) is 12.3. The van der Waals surface area contributed by atoms with Gasteiger partial charge in [-0.2, -0.15) is 5.26 Å². The molecular formula is C36H53N3O2. The molecule has 1 aromatic heterocycles. The van der Waals surface area contributed by atoms with Crippen molar-refractivity contribution in [3.8, 4) is 23.2 Å². The molecule has 1 aliphatic rings. The van der Waals surface area contributed by atoms with Crippen molar-refractivity contribution in [3.63, 3.8) is 0 Å². The first kappa shape index (κ1) is 32.8. The predicted octanol–water partition coefficient (Wildman–Crippen LogP) is 10.2. The fourth-order valence-electron chi connectivity index (χ4n) is 6.03. The smallest absolute Gasteiger partial charge is 0.314 e. The number of hydrogen-bond donors (Lipinski definition) is 0. The first-order chi connectivity index (χ1) is 20.1. The van der Waals surface area contributed by atoms with Gasteiger partial charge in [0.15, 0.2) is 5.82 Å². The molecule has 0 N–H and O–H groups in total. The molecular weight excluding hydrogens is 506 g/mol. The van der Waals surface area contributed by atoms with E-state index >= 15 is 0 Å². The maximum Gasteiger partial charge on any atom is 0.314 e. The van der Waals surface area contributed by atoms with Gasteiger partial charge in [-0.3, -0.25) is 4.79 Å². The van der Waals surface area contributed by atoms with Crippen molar-refractivity contribution in [2.24, 2.45) is 11.3 Å². The van der Waals surface area contributed by atoms with E-state index in [4.69, 9.17) is 4.74 Å². The number of carbonyl (C=O) groups is 1. The Morgan fingerprint density at radius 2 is 1.37 bits per heavy atom. The van der Waals surface area contributed by atoms with Crippen LogP contribution in [0.4, 0.5) is 0 Å². The minimum atomic E-state index is -0.257. The van der Waals surface area contributed by atoms with Crippen LogP contribution in [-0.2, 0) is 11.2 Å². The highest BCUT2D eigenvalue weighted by atomic mass is 16.5. The van der Waals surface area contributed by atoms with Gasteiger partial charge in [-0.25, -0.2) is 9.97 Å². The first-order valence-corrected chi connectivity index (χ1v) is 16.6. The van der Waals surface area contributed by atoms with Crippen LogP contribution in [0.25, 0.3) is 11.4 Å². The van der Waals surface area contributed by atoms with E-state index in [2.05, 4.69) is 29.9 Å². The van der Waals surface area contributed by atoms with Gasteiger partial charge in [-0.1, -0.05) is 97.3 Å². The molecule has 5 nitrogen and oxygen atoms in total. The number of ether oxygens (including phenoxy) is 1. The zero-order valence-electron chi connectivity index (χ0n) is 25.8. The third-order valence-electron chi connectivity index (χ3n) is 8.88. The Bertz CT molecular complexity index is 1030. The number of nitrogens with zero attached hydrogens (tertiary/aromatic N) is 3. The van der Waals surface area contributed by atoms with E-state index < -0.39 is 0 Å². The summed E-state index contributed by atoms with van der Waals surface area (Å²) in [4.78, 5) is 22.0. The maximum absolute atomic E-state index is 12.9. The molecule has 0 atom stereocenters. The quantitative estimate of drug-likeness (QED) is 0.0972. The topological polar surface area (TPSA) is 75.9 Å². The maximum atomic E-state index is 12.9. The highest BCUT2D eigenvalue weighted by molar-refractivity contribution is 5.75. The van der Waals surface area contributed by atoms with E-state index in [-0.39, 0.29) is 17.3 Å². The van der Waals surface area contributed by atoms with Gasteiger partial charge in [0.1, 0.15) is 5.75 Å². The molecule has 224 valence electrons. The van der Waals surface area contributed by atoms with E-state index in [0.717, 1.165) is 50.5 Å². The zero-order valence-corrected chi connectivity index (χ0v) is 25.8. The van der Waals surface area contributed by atoms with Crippen molar-refractivity contribution in [2.45, 2.75) is 142 Å². The second-order valence-electron chi connectivity index (χ2n) is 12.3. The van der Waals surface area contributed by atoms with E-state index in [9.17, 15) is 10.1 Å². The van der Waals surface area contributed by atoms with Gasteiger partial charge in [0.05, 0.1) is 17.4 Å². The lowest BCUT2D eigenvalue weighted by molar-refractivity contribution is -0.140. The van der Waals surface area contributed by atoms with Crippen molar-refractivity contribution < 1.29 is 9.53 Å². The van der Waals surface area contributed by atoms with Gasteiger partial charge in [-0.15, -0.1) is 0 Å². The van der Waals surface area contributed by atoms with E-state index in [1.165, 1.54) is 89.0 Å². The van der Waals surface area contributed by atoms with Gasteiger partial charge in [0, 0.05) is 18.0 Å². The molecule has 0 bridgehead atoms. The fourth-order valence-corrected chi connectivity index (χ4v) is 6.03. The summed E-state index contributed by atoms with van der Waals surface area (Å²) in [5.74, 6) is 0.936. The SMILES string of the molecule is CCCCCCCCCCc1cnc(-c2ccc(OC(=O)[C@H]3CC[C@@](C#N)(CCCCCCCC)CC3)cc2)nc1. The average molecular weight is 560 g/mol. The predicted molar refractivity (Wildman–Crippen MR) is 167 cm³/mol. The first-order valence-electron chi connectivity index (χ1n) is 16.6. The minimum absolute atomic E-state index is 0.127. The molecule has 0 spiro atoms. The van der Waals surface area contributed by atoms with Crippen LogP contribution in [0.3, 0.4) is 0 Å². The summed E-state index contributed by atoms with van der Waals surface area (Å²) in [5.41, 5.74) is 1.84. The Labute approximate surface area is 249 Å². The number of esters is 1. The zero-order chi connectivity index (χ0) is 29.2. The van der Waals surface area contributed by atoms with Crippen molar-refractivity contribution in [1.29, 1.82) is 5.26 Å². The molecule has 0 radical (unpaired) electrons. The van der Waals surface area contributed by atoms with Crippen LogP contribution in [0.5, 0.6) is 5.75 Å². The molecule has 1 fully saturated rings. The summed E-state index contributed by atoms with van der Waals surface area (Å²) in [6.45, 7) is 4.49. The van der Waals surface area contributed by atoms with Crippen LogP contribution >= 0.6 is 0 Å². The number of hydrogen-bond acceptors (Lipinski definition) is 5. The van der Waals surface area contributed by atoms with Crippen LogP contribution in [0.2, 0.25) is 0 Å². The molecule has 41 heavy (non-hydrogen) atoms. The molecule has 5 heteroatoms. The largest absolute Gasteiger partial charge is 0.426 e. The Morgan fingerprint density at radius 1 is 0.829 bits per heavy atom. The van der Waals surface area contributed by atoms with Crippen LogP contribution in [0.15, 0.2) is 36.7 Å². The highest BCUT2D eigenvalue weighted by Crippen LogP contribution is 2.43. The Morgan fingerprint density at radius 3 is 1.93 bits per heavy atom. The number of benzene rings is 1. The fraction of sp³-hybridized carbons (Fsp3) is 0.667. The number of aryl methyl sites for hydroxylation is 1. The molecule has 3 rings (SSSR count). The molecule has 1 aliphatic carbocycles. The summed E-state index contributed by atoms with van der Waals surface area (Å²) in [5, 5.41) is 9.89. The van der Waals surface area contributed by atoms with Crippen LogP contribution in [0.1, 0.15) is 141 Å². The Hall–Kier alpha value is -2.74. The van der Waals surface area contributed by atoms with E-state index in [1.807, 2.05) is 36.7 Å². The third kappa shape index (κ3) is 11.6. The van der Waals surface area contributed by atoms with Crippen molar-refractivity contribution in [3.05, 3.63) is 42.2 Å². The molecule has 1 saturated carbocycles. The molecule has 0 saturated heterocycles. The third-order valence-corrected chi connectivity index (χ3v) is 8.88. The van der Waals surface area contributed by atoms with Gasteiger partial charge >= 0.3 is 5.97 Å². The number of rotatable bonds is 19. The monoisotopic (exact) mass is 559 g/mol. The lowest BCUT2D eigenvalue weighted by atomic mass is 9.69. The second kappa shape index (κ2) is 18.6. The number of nitriles is 1. The van der Waals surface area contributed by atoms with Crippen molar-refractivity contribution >= 4 is 5.97 Å². The lowest BCUT2D eigenvalue weighted by Gasteiger charge is -2.34. The van der Waals surface area contributed by atoms with Crippen LogP contribution in [0, 0.1) is 22.7 Å². The molecule has 2 aromatic rings. The highest BCUT2D eigenvalue weighted by Gasteiger charge is 2.38. The van der Waals surface area contributed by atoms with Gasteiger partial charge in [-0.05, 0) is 74.8 Å². The number of carbonyl (C=O) groups excluding carboxylic acids is 1. The lowest BCUT2D eigenvalue weighted by Crippen LogP contribution is -2.31. The molecule has 1 heterocycles. The average Bonchev–Trinajstić information content (AvgIpc) is 3.01.